The van der Waals surface area contributed by atoms with Gasteiger partial charge >= 0.3 is 6.18 Å². The zero-order valence-electron chi connectivity index (χ0n) is 20.0. The summed E-state index contributed by atoms with van der Waals surface area (Å²) in [6, 6.07) is 0. The Bertz CT molecular complexity index is 855. The van der Waals surface area contributed by atoms with Gasteiger partial charge in [-0.25, -0.2) is 4.99 Å². The highest BCUT2D eigenvalue weighted by Crippen LogP contribution is 2.31. The van der Waals surface area contributed by atoms with Crippen LogP contribution in [0.4, 0.5) is 13.2 Å². The number of aliphatic imine (C=N–C) groups is 1. The molecule has 0 aromatic heterocycles. The van der Waals surface area contributed by atoms with Crippen molar-refractivity contribution in [1.29, 1.82) is 0 Å². The molecule has 0 aromatic carbocycles. The van der Waals surface area contributed by atoms with Gasteiger partial charge in [0.15, 0.2) is 5.78 Å². The molecule has 0 bridgehead atoms. The van der Waals surface area contributed by atoms with Crippen LogP contribution in [0.2, 0.25) is 0 Å². The van der Waals surface area contributed by atoms with Crippen molar-refractivity contribution in [2.45, 2.75) is 74.9 Å². The number of alkyl halides is 3. The molecule has 1 amide bonds. The standard InChI is InChI=1S/C18H20F3NO.C7H15NO.CH4/c1-5-14(15-9-7-8-10-15)11-16(18(19,20)21)12(3)22-17(6-2)13(4)23;1-5(2)4-6(3)7(8)9;/h5-7,9-11H,8H2,1-4H3;5-6H,4H2,1-3H3,(H2,8,9);1H4/b14-5+,16-11+,17-6-,22-12+;;. The molecule has 2 N–H and O–H groups in total. The van der Waals surface area contributed by atoms with Gasteiger partial charge in [0.25, 0.3) is 0 Å². The maximum atomic E-state index is 13.4. The number of carbonyl (C=O) groups is 2. The number of primary amides is 1. The highest BCUT2D eigenvalue weighted by Gasteiger charge is 2.36. The largest absolute Gasteiger partial charge is 0.418 e. The van der Waals surface area contributed by atoms with Crippen LogP contribution in [0.15, 0.2) is 63.9 Å². The van der Waals surface area contributed by atoms with Crippen LogP contribution >= 0.6 is 0 Å². The summed E-state index contributed by atoms with van der Waals surface area (Å²) in [7, 11) is 0. The van der Waals surface area contributed by atoms with Crippen LogP contribution in [-0.2, 0) is 9.59 Å². The number of allylic oxidation sites excluding steroid dienone is 10. The molecule has 0 spiro atoms. The highest BCUT2D eigenvalue weighted by atomic mass is 19.4. The molecule has 0 radical (unpaired) electrons. The van der Waals surface area contributed by atoms with Crippen LogP contribution < -0.4 is 5.73 Å². The third kappa shape index (κ3) is 12.2. The minimum atomic E-state index is -4.56. The van der Waals surface area contributed by atoms with Crippen LogP contribution in [-0.4, -0.2) is 23.6 Å². The molecule has 33 heavy (non-hydrogen) atoms. The number of carbonyl (C=O) groups excluding carboxylic acids is 2. The summed E-state index contributed by atoms with van der Waals surface area (Å²) in [5.74, 6) is 0.0299. The van der Waals surface area contributed by atoms with Crippen molar-refractivity contribution < 1.29 is 22.8 Å². The molecule has 1 aliphatic rings. The van der Waals surface area contributed by atoms with E-state index in [2.05, 4.69) is 18.8 Å². The topological polar surface area (TPSA) is 72.5 Å². The quantitative estimate of drug-likeness (QED) is 0.235. The van der Waals surface area contributed by atoms with Gasteiger partial charge in [-0.2, -0.15) is 13.2 Å². The predicted octanol–water partition coefficient (Wildman–Crippen LogP) is 7.05. The van der Waals surface area contributed by atoms with Crippen LogP contribution in [0.25, 0.3) is 0 Å². The molecule has 0 saturated carbocycles. The van der Waals surface area contributed by atoms with Crippen molar-refractivity contribution in [1.82, 2.24) is 0 Å². The smallest absolute Gasteiger partial charge is 0.369 e. The molecule has 7 heteroatoms. The van der Waals surface area contributed by atoms with E-state index in [0.717, 1.165) is 18.1 Å². The molecule has 186 valence electrons. The Balaban J connectivity index is 0. The van der Waals surface area contributed by atoms with Crippen molar-refractivity contribution in [3.8, 4) is 0 Å². The zero-order valence-corrected chi connectivity index (χ0v) is 20.0. The number of halogens is 3. The van der Waals surface area contributed by atoms with Crippen molar-refractivity contribution in [2.24, 2.45) is 22.6 Å². The highest BCUT2D eigenvalue weighted by molar-refractivity contribution is 6.04. The fraction of sp³-hybridized carbons (Fsp3) is 0.500. The van der Waals surface area contributed by atoms with Gasteiger partial charge < -0.3 is 5.73 Å². The number of rotatable bonds is 8. The lowest BCUT2D eigenvalue weighted by Gasteiger charge is -2.13. The average molecular weight is 469 g/mol. The minimum absolute atomic E-state index is 0. The van der Waals surface area contributed by atoms with Gasteiger partial charge in [0.1, 0.15) is 5.70 Å². The van der Waals surface area contributed by atoms with Crippen LogP contribution in [0.1, 0.15) is 68.7 Å². The first-order valence-electron chi connectivity index (χ1n) is 10.6. The molecule has 1 atom stereocenters. The first kappa shape index (κ1) is 32.5. The number of Topliss-reactive ketones (excluding diaryl/α,β-unsaturated/α-hetero) is 1. The fourth-order valence-corrected chi connectivity index (χ4v) is 2.96. The molecular formula is C26H39F3N2O2. The van der Waals surface area contributed by atoms with E-state index < -0.39 is 11.7 Å². The van der Waals surface area contributed by atoms with Gasteiger partial charge in [0.05, 0.1) is 11.3 Å². The Labute approximate surface area is 196 Å². The van der Waals surface area contributed by atoms with E-state index in [1.165, 1.54) is 19.9 Å². The summed E-state index contributed by atoms with van der Waals surface area (Å²) in [4.78, 5) is 25.7. The van der Waals surface area contributed by atoms with E-state index in [4.69, 9.17) is 5.73 Å². The third-order valence-electron chi connectivity index (χ3n) is 4.64. The normalized spacial score (nSPS) is 16.0. The lowest BCUT2D eigenvalue weighted by molar-refractivity contribution is -0.121. The second-order valence-electron chi connectivity index (χ2n) is 7.96. The Hall–Kier alpha value is -2.70. The molecule has 1 aliphatic carbocycles. The van der Waals surface area contributed by atoms with E-state index in [1.807, 2.05) is 19.1 Å². The molecule has 0 saturated heterocycles. The SMILES string of the molecule is C.CC(C)CC(C)C(N)=O.C\C=C(/N=C(C)/C(=C\C(=C/C)C1=CCC=C1)C(F)(F)F)C(C)=O. The lowest BCUT2D eigenvalue weighted by Crippen LogP contribution is -2.21. The van der Waals surface area contributed by atoms with Crippen molar-refractivity contribution >= 4 is 17.4 Å². The lowest BCUT2D eigenvalue weighted by atomic mass is 9.99. The molecule has 0 fully saturated rings. The van der Waals surface area contributed by atoms with E-state index in [9.17, 15) is 22.8 Å². The molecule has 1 rings (SSSR count). The van der Waals surface area contributed by atoms with Gasteiger partial charge in [-0.05, 0) is 56.8 Å². The minimum Gasteiger partial charge on any atom is -0.369 e. The van der Waals surface area contributed by atoms with E-state index in [0.29, 0.717) is 17.9 Å². The second kappa shape index (κ2) is 15.2. The van der Waals surface area contributed by atoms with E-state index in [-0.39, 0.29) is 36.4 Å². The molecule has 4 nitrogen and oxygen atoms in total. The first-order valence-corrected chi connectivity index (χ1v) is 10.6. The number of hydrogen-bond donors (Lipinski definition) is 1. The monoisotopic (exact) mass is 468 g/mol. The first-order chi connectivity index (χ1) is 14.7. The molecule has 0 aliphatic heterocycles. The van der Waals surface area contributed by atoms with Gasteiger partial charge in [0, 0.05) is 12.8 Å². The number of nitrogens with two attached hydrogens (primary N) is 1. The van der Waals surface area contributed by atoms with Crippen LogP contribution in [0.3, 0.4) is 0 Å². The maximum Gasteiger partial charge on any atom is 0.418 e. The third-order valence-corrected chi connectivity index (χ3v) is 4.64. The number of ketones is 1. The molecular weight excluding hydrogens is 429 g/mol. The average Bonchev–Trinajstić information content (AvgIpc) is 3.19. The summed E-state index contributed by atoms with van der Waals surface area (Å²) in [6.45, 7) is 11.8. The Morgan fingerprint density at radius 2 is 1.73 bits per heavy atom. The predicted molar refractivity (Wildman–Crippen MR) is 132 cm³/mol. The maximum absolute atomic E-state index is 13.4. The van der Waals surface area contributed by atoms with Crippen molar-refractivity contribution in [2.75, 3.05) is 0 Å². The van der Waals surface area contributed by atoms with Crippen molar-refractivity contribution in [3.63, 3.8) is 0 Å². The van der Waals surface area contributed by atoms with Gasteiger partial charge in [-0.15, -0.1) is 0 Å². The Kier molecular flexibility index (Phi) is 15.0. The Morgan fingerprint density at radius 3 is 2.03 bits per heavy atom. The van der Waals surface area contributed by atoms with Crippen LogP contribution in [0.5, 0.6) is 0 Å². The Morgan fingerprint density at radius 1 is 1.15 bits per heavy atom. The van der Waals surface area contributed by atoms with Gasteiger partial charge in [-0.3, -0.25) is 9.59 Å². The van der Waals surface area contributed by atoms with E-state index in [1.54, 1.807) is 26.0 Å². The summed E-state index contributed by atoms with van der Waals surface area (Å²) < 4.78 is 40.2. The summed E-state index contributed by atoms with van der Waals surface area (Å²) in [5, 5.41) is 0. The molecule has 1 unspecified atom stereocenters. The number of nitrogens with zero attached hydrogens (tertiary/aromatic N) is 1. The fourth-order valence-electron chi connectivity index (χ4n) is 2.96. The molecule has 0 heterocycles. The molecule has 0 aromatic rings. The zero-order chi connectivity index (χ0) is 25.1. The number of amides is 1. The summed E-state index contributed by atoms with van der Waals surface area (Å²) in [6.07, 6.45) is 6.69. The van der Waals surface area contributed by atoms with Crippen LogP contribution in [0, 0.1) is 11.8 Å². The van der Waals surface area contributed by atoms with Gasteiger partial charge in [-0.1, -0.05) is 58.6 Å². The van der Waals surface area contributed by atoms with Gasteiger partial charge in [0.2, 0.25) is 5.91 Å². The summed E-state index contributed by atoms with van der Waals surface area (Å²) in [5.41, 5.74) is 5.20. The number of hydrogen-bond acceptors (Lipinski definition) is 3. The van der Waals surface area contributed by atoms with Crippen molar-refractivity contribution in [3.05, 3.63) is 58.9 Å². The van der Waals surface area contributed by atoms with E-state index >= 15 is 0 Å². The second-order valence-corrected chi connectivity index (χ2v) is 7.96. The summed E-state index contributed by atoms with van der Waals surface area (Å²) >= 11 is 0.